The standard InChI is InChI=1S/C22H16FN7O4S3/c1-36(31,32)22-26-10-18(30(22)37(2,33)34)14-6-12-17(9-25-14)28-29-21(12)15-5-11-13(7-24-8-16(11)27-15)19-3-4-20(23)35-19/h3-10,27H,1-2H3,(H,28,29). The number of rotatable bonds is 5. The van der Waals surface area contributed by atoms with Gasteiger partial charge in [0.15, 0.2) is 5.13 Å². The summed E-state index contributed by atoms with van der Waals surface area (Å²) in [4.78, 5) is 16.4. The monoisotopic (exact) mass is 557 g/mol. The van der Waals surface area contributed by atoms with E-state index in [1.807, 2.05) is 6.07 Å². The lowest BCUT2D eigenvalue weighted by Crippen LogP contribution is -2.18. The number of nitrogens with one attached hydrogen (secondary N) is 2. The van der Waals surface area contributed by atoms with Crippen LogP contribution < -0.4 is 0 Å². The fraction of sp³-hybridized carbons (Fsp3) is 0.0909. The molecule has 0 bridgehead atoms. The fourth-order valence-corrected chi connectivity index (χ4v) is 7.20. The van der Waals surface area contributed by atoms with Crippen molar-refractivity contribution < 1.29 is 21.2 Å². The van der Waals surface area contributed by atoms with Gasteiger partial charge in [0, 0.05) is 33.7 Å². The predicted molar refractivity (Wildman–Crippen MR) is 137 cm³/mol. The topological polar surface area (TPSA) is 156 Å². The van der Waals surface area contributed by atoms with E-state index in [1.54, 1.807) is 24.5 Å². The van der Waals surface area contributed by atoms with Crippen molar-refractivity contribution in [3.05, 3.63) is 54.2 Å². The molecule has 0 atom stereocenters. The third-order valence-electron chi connectivity index (χ3n) is 5.70. The van der Waals surface area contributed by atoms with Crippen LogP contribution in [0.3, 0.4) is 0 Å². The highest BCUT2D eigenvalue weighted by molar-refractivity contribution is 7.92. The van der Waals surface area contributed by atoms with E-state index < -0.39 is 25.0 Å². The molecule has 0 saturated heterocycles. The minimum Gasteiger partial charge on any atom is -0.352 e. The maximum atomic E-state index is 13.7. The number of pyridine rings is 2. The first-order valence-corrected chi connectivity index (χ1v) is 15.1. The van der Waals surface area contributed by atoms with Crippen LogP contribution in [0.25, 0.3) is 55.0 Å². The Morgan fingerprint density at radius 2 is 1.76 bits per heavy atom. The van der Waals surface area contributed by atoms with Crippen LogP contribution in [0, 0.1) is 5.13 Å². The summed E-state index contributed by atoms with van der Waals surface area (Å²) in [6.07, 6.45) is 7.74. The average Bonchev–Trinajstić information content (AvgIpc) is 3.60. The van der Waals surface area contributed by atoms with E-state index in [9.17, 15) is 21.2 Å². The average molecular weight is 558 g/mol. The van der Waals surface area contributed by atoms with E-state index in [0.717, 1.165) is 51.4 Å². The van der Waals surface area contributed by atoms with Crippen LogP contribution in [0.1, 0.15) is 0 Å². The molecular formula is C22H16FN7O4S3. The number of nitrogens with zero attached hydrogens (tertiary/aromatic N) is 5. The van der Waals surface area contributed by atoms with Gasteiger partial charge in [-0.25, -0.2) is 25.8 Å². The first kappa shape index (κ1) is 23.4. The Morgan fingerprint density at radius 1 is 0.946 bits per heavy atom. The van der Waals surface area contributed by atoms with E-state index >= 15 is 0 Å². The molecule has 2 N–H and O–H groups in total. The lowest BCUT2D eigenvalue weighted by atomic mass is 10.1. The smallest absolute Gasteiger partial charge is 0.241 e. The van der Waals surface area contributed by atoms with E-state index in [1.165, 1.54) is 12.3 Å². The number of fused-ring (bicyclic) bond motifs is 2. The molecule has 6 aromatic heterocycles. The van der Waals surface area contributed by atoms with Crippen LogP contribution in [-0.2, 0) is 19.9 Å². The fourth-order valence-electron chi connectivity index (χ4n) is 4.16. The molecule has 0 aromatic carbocycles. The summed E-state index contributed by atoms with van der Waals surface area (Å²) in [6.45, 7) is 0. The van der Waals surface area contributed by atoms with Crippen molar-refractivity contribution >= 4 is 53.0 Å². The Morgan fingerprint density at radius 3 is 2.46 bits per heavy atom. The van der Waals surface area contributed by atoms with Crippen LogP contribution in [0.2, 0.25) is 0 Å². The third-order valence-corrected chi connectivity index (χ3v) is 8.71. The van der Waals surface area contributed by atoms with E-state index in [0.29, 0.717) is 26.3 Å². The van der Waals surface area contributed by atoms with Gasteiger partial charge in [-0.2, -0.15) is 9.49 Å². The first-order valence-electron chi connectivity index (χ1n) is 10.6. The Hall–Kier alpha value is -3.95. The molecule has 6 rings (SSSR count). The molecule has 0 aliphatic heterocycles. The minimum atomic E-state index is -4.03. The van der Waals surface area contributed by atoms with E-state index in [-0.39, 0.29) is 16.5 Å². The minimum absolute atomic E-state index is 0.000157. The molecule has 0 aliphatic rings. The molecule has 188 valence electrons. The van der Waals surface area contributed by atoms with Gasteiger partial charge in [-0.05, 0) is 24.3 Å². The van der Waals surface area contributed by atoms with Crippen molar-refractivity contribution in [2.75, 3.05) is 12.5 Å². The molecule has 6 heterocycles. The lowest BCUT2D eigenvalue weighted by Gasteiger charge is -2.08. The van der Waals surface area contributed by atoms with Crippen molar-refractivity contribution in [2.24, 2.45) is 0 Å². The molecular weight excluding hydrogens is 541 g/mol. The van der Waals surface area contributed by atoms with Gasteiger partial charge in [-0.1, -0.05) is 0 Å². The third kappa shape index (κ3) is 3.91. The molecule has 11 nitrogen and oxygen atoms in total. The van der Waals surface area contributed by atoms with Gasteiger partial charge in [0.05, 0.1) is 47.3 Å². The number of aromatic amines is 2. The zero-order chi connectivity index (χ0) is 26.1. The molecule has 37 heavy (non-hydrogen) atoms. The number of H-pyrrole nitrogens is 2. The summed E-state index contributed by atoms with van der Waals surface area (Å²) < 4.78 is 63.6. The molecule has 0 radical (unpaired) electrons. The molecule has 6 aromatic rings. The molecule has 0 amide bonds. The zero-order valence-electron chi connectivity index (χ0n) is 19.1. The van der Waals surface area contributed by atoms with Crippen LogP contribution in [0.4, 0.5) is 4.39 Å². The molecule has 0 aliphatic carbocycles. The number of sulfone groups is 1. The Kier molecular flexibility index (Phi) is 5.09. The second kappa shape index (κ2) is 8.03. The predicted octanol–water partition coefficient (Wildman–Crippen LogP) is 3.44. The van der Waals surface area contributed by atoms with E-state index in [2.05, 4.69) is 30.1 Å². The van der Waals surface area contributed by atoms with Crippen molar-refractivity contribution in [3.63, 3.8) is 0 Å². The molecule has 15 heteroatoms. The summed E-state index contributed by atoms with van der Waals surface area (Å²) >= 11 is 1.02. The highest BCUT2D eigenvalue weighted by Gasteiger charge is 2.27. The summed E-state index contributed by atoms with van der Waals surface area (Å²) in [5.74, 6) is 0. The second-order valence-electron chi connectivity index (χ2n) is 8.35. The van der Waals surface area contributed by atoms with Gasteiger partial charge in [0.25, 0.3) is 0 Å². The van der Waals surface area contributed by atoms with Gasteiger partial charge in [0.1, 0.15) is 11.4 Å². The summed E-state index contributed by atoms with van der Waals surface area (Å²) in [6, 6.07) is 6.58. The number of imidazole rings is 1. The van der Waals surface area contributed by atoms with Gasteiger partial charge < -0.3 is 4.98 Å². The lowest BCUT2D eigenvalue weighted by molar-refractivity contribution is 0.574. The zero-order valence-corrected chi connectivity index (χ0v) is 21.5. The number of halogens is 1. The summed E-state index contributed by atoms with van der Waals surface area (Å²) in [5.41, 5.74) is 3.41. The van der Waals surface area contributed by atoms with Crippen molar-refractivity contribution in [1.29, 1.82) is 0 Å². The molecule has 0 unspecified atom stereocenters. The first-order chi connectivity index (χ1) is 17.5. The van der Waals surface area contributed by atoms with Gasteiger partial charge in [0.2, 0.25) is 25.0 Å². The van der Waals surface area contributed by atoms with Crippen LogP contribution in [-0.4, -0.2) is 63.5 Å². The number of hydrogen-bond donors (Lipinski definition) is 2. The van der Waals surface area contributed by atoms with Crippen molar-refractivity contribution in [2.45, 2.75) is 5.16 Å². The van der Waals surface area contributed by atoms with Crippen molar-refractivity contribution in [3.8, 4) is 33.2 Å². The number of thiophene rings is 1. The molecule has 0 saturated carbocycles. The van der Waals surface area contributed by atoms with Crippen LogP contribution in [0.15, 0.2) is 54.2 Å². The molecule has 0 fully saturated rings. The largest absolute Gasteiger partial charge is 0.352 e. The Labute approximate surface area is 213 Å². The SMILES string of the molecule is CS(=O)(=O)c1ncc(-c2cc3c(-c4cc5c(-c6ccc(F)s6)cncc5[nH]4)n[nH]c3cn2)n1S(C)(=O)=O. The second-order valence-corrected chi connectivity index (χ2v) is 13.1. The van der Waals surface area contributed by atoms with E-state index in [4.69, 9.17) is 0 Å². The maximum absolute atomic E-state index is 13.7. The Bertz CT molecular complexity index is 2070. The highest BCUT2D eigenvalue weighted by atomic mass is 32.2. The summed E-state index contributed by atoms with van der Waals surface area (Å²) in [7, 11) is -7.96. The highest BCUT2D eigenvalue weighted by Crippen LogP contribution is 2.36. The van der Waals surface area contributed by atoms with Crippen LogP contribution >= 0.6 is 11.3 Å². The summed E-state index contributed by atoms with van der Waals surface area (Å²) in [5, 5.41) is 7.84. The van der Waals surface area contributed by atoms with Gasteiger partial charge in [-0.15, -0.1) is 11.3 Å². The van der Waals surface area contributed by atoms with Crippen LogP contribution in [0.5, 0.6) is 0 Å². The Balaban J connectivity index is 1.53. The maximum Gasteiger partial charge on any atom is 0.241 e. The quantitative estimate of drug-likeness (QED) is 0.326. The number of hydrogen-bond acceptors (Lipinski definition) is 9. The van der Waals surface area contributed by atoms with Crippen molar-refractivity contribution in [1.82, 2.24) is 34.1 Å². The molecule has 0 spiro atoms. The number of aromatic nitrogens is 7. The normalized spacial score (nSPS) is 12.6. The van der Waals surface area contributed by atoms with Gasteiger partial charge in [-0.3, -0.25) is 15.1 Å². The van der Waals surface area contributed by atoms with Gasteiger partial charge >= 0.3 is 0 Å².